The molecule has 0 saturated heterocycles. The number of rotatable bonds is 36. The lowest BCUT2D eigenvalue weighted by molar-refractivity contribution is 0.241. The average Bonchev–Trinajstić information content (AvgIpc) is 3.20. The molecule has 0 aliphatic carbocycles. The van der Waals surface area contributed by atoms with Gasteiger partial charge in [-0.1, -0.05) is 168 Å². The molecular weight excluding hydrogens is 705 g/mol. The van der Waals surface area contributed by atoms with Gasteiger partial charge in [-0.2, -0.15) is 0 Å². The van der Waals surface area contributed by atoms with Crippen LogP contribution in [0.1, 0.15) is 180 Å². The highest BCUT2D eigenvalue weighted by molar-refractivity contribution is 5.90. The Hall–Kier alpha value is -3.10. The Morgan fingerprint density at radius 2 is 0.737 bits per heavy atom. The van der Waals surface area contributed by atoms with Crippen molar-refractivity contribution in [2.24, 2.45) is 0 Å². The lowest BCUT2D eigenvalue weighted by atomic mass is 10.0. The van der Waals surface area contributed by atoms with E-state index >= 15 is 0 Å². The van der Waals surface area contributed by atoms with Gasteiger partial charge in [-0.05, 0) is 93.7 Å². The number of amides is 4. The molecule has 4 amide bonds. The summed E-state index contributed by atoms with van der Waals surface area (Å²) in [6, 6.07) is 15.8. The number of benzene rings is 2. The fourth-order valence-corrected chi connectivity index (χ4v) is 7.54. The van der Waals surface area contributed by atoms with Gasteiger partial charge in [0.25, 0.3) is 0 Å². The third-order valence-corrected chi connectivity index (χ3v) is 11.0. The first-order valence-corrected chi connectivity index (χ1v) is 23.7. The Kier molecular flexibility index (Phi) is 30.6. The van der Waals surface area contributed by atoms with Crippen LogP contribution in [0, 0.1) is 0 Å². The highest BCUT2D eigenvalue weighted by Gasteiger charge is 2.10. The second-order valence-corrected chi connectivity index (χ2v) is 16.4. The maximum Gasteiger partial charge on any atom is 0.319 e. The predicted octanol–water partition coefficient (Wildman–Crippen LogP) is 12.8. The van der Waals surface area contributed by atoms with Gasteiger partial charge < -0.3 is 31.1 Å². The number of unbranched alkanes of at least 4 members (excludes halogenated alkanes) is 18. The lowest BCUT2D eigenvalue weighted by Crippen LogP contribution is -2.37. The number of carbonyl (C=O) groups is 2. The maximum atomic E-state index is 12.9. The molecule has 324 valence electrons. The van der Waals surface area contributed by atoms with Crippen molar-refractivity contribution in [3.63, 3.8) is 0 Å². The molecular formula is C49H86N6O2. The Labute approximate surface area is 350 Å². The minimum Gasteiger partial charge on any atom is -0.337 e. The van der Waals surface area contributed by atoms with E-state index in [0.29, 0.717) is 19.5 Å². The maximum absolute atomic E-state index is 12.9. The van der Waals surface area contributed by atoms with Gasteiger partial charge in [-0.3, -0.25) is 0 Å². The van der Waals surface area contributed by atoms with Crippen molar-refractivity contribution in [3.05, 3.63) is 59.7 Å². The second kappa shape index (κ2) is 34.9. The number of nitrogens with one attached hydrogen (secondary N) is 4. The first-order valence-electron chi connectivity index (χ1n) is 23.7. The van der Waals surface area contributed by atoms with Gasteiger partial charge in [-0.25, -0.2) is 9.59 Å². The lowest BCUT2D eigenvalue weighted by Gasteiger charge is -2.22. The number of hydrogen-bond donors (Lipinski definition) is 4. The quantitative estimate of drug-likeness (QED) is 0.0518. The second-order valence-electron chi connectivity index (χ2n) is 16.4. The average molecular weight is 791 g/mol. The number of carbonyl (C=O) groups excluding carboxylic acids is 2. The van der Waals surface area contributed by atoms with Crippen LogP contribution in [-0.2, 0) is 6.42 Å². The van der Waals surface area contributed by atoms with Crippen LogP contribution in [0.25, 0.3) is 0 Å². The molecule has 0 aromatic heterocycles. The van der Waals surface area contributed by atoms with Gasteiger partial charge in [0.2, 0.25) is 0 Å². The monoisotopic (exact) mass is 791 g/mol. The van der Waals surface area contributed by atoms with Crippen LogP contribution in [0.4, 0.5) is 21.0 Å². The van der Waals surface area contributed by atoms with E-state index in [1.807, 2.05) is 36.4 Å². The minimum atomic E-state index is -0.163. The molecule has 0 unspecified atom stereocenters. The van der Waals surface area contributed by atoms with Crippen LogP contribution in [0.3, 0.4) is 0 Å². The minimum absolute atomic E-state index is 0.163. The first kappa shape index (κ1) is 50.0. The molecule has 0 bridgehead atoms. The summed E-state index contributed by atoms with van der Waals surface area (Å²) >= 11 is 0. The largest absolute Gasteiger partial charge is 0.337 e. The topological polar surface area (TPSA) is 88.7 Å². The molecule has 2 rings (SSSR count). The predicted molar refractivity (Wildman–Crippen MR) is 247 cm³/mol. The Bertz CT molecular complexity index is 1180. The van der Waals surface area contributed by atoms with Gasteiger partial charge in [0, 0.05) is 37.6 Å². The van der Waals surface area contributed by atoms with E-state index in [0.717, 1.165) is 61.8 Å². The van der Waals surface area contributed by atoms with Crippen molar-refractivity contribution < 1.29 is 9.59 Å². The molecule has 57 heavy (non-hydrogen) atoms. The number of anilines is 2. The van der Waals surface area contributed by atoms with Crippen molar-refractivity contribution in [2.45, 2.75) is 175 Å². The van der Waals surface area contributed by atoms with E-state index < -0.39 is 0 Å². The highest BCUT2D eigenvalue weighted by Crippen LogP contribution is 2.18. The van der Waals surface area contributed by atoms with Crippen LogP contribution < -0.4 is 21.3 Å². The van der Waals surface area contributed by atoms with Crippen molar-refractivity contribution in [1.29, 1.82) is 0 Å². The molecule has 0 atom stereocenters. The van der Waals surface area contributed by atoms with Crippen LogP contribution in [0.5, 0.6) is 0 Å². The van der Waals surface area contributed by atoms with E-state index in [9.17, 15) is 9.59 Å². The van der Waals surface area contributed by atoms with Crippen molar-refractivity contribution >= 4 is 23.4 Å². The van der Waals surface area contributed by atoms with Crippen molar-refractivity contribution in [1.82, 2.24) is 20.4 Å². The van der Waals surface area contributed by atoms with E-state index in [1.165, 1.54) is 141 Å². The molecule has 0 saturated carbocycles. The van der Waals surface area contributed by atoms with E-state index in [-0.39, 0.29) is 12.1 Å². The Morgan fingerprint density at radius 3 is 1.07 bits per heavy atom. The summed E-state index contributed by atoms with van der Waals surface area (Å²) in [5, 5.41) is 12.3. The standard InChI is InChI=1S/C49H86N6O2/c1-5-9-13-17-21-25-37-54(35-23-19-15-11-7-3)39-33-50-48(56)52-46-31-27-29-44(42-46)41-45-30-28-32-47(43-45)53-49(57)51-34-40-55(36-24-20-16-12-8-4)38-26-22-18-14-10-6-2/h27-32,42-43H,5-26,33-41H2,1-4H3,(H2,50,52,56)(H2,51,53,57). The molecule has 0 fully saturated rings. The van der Waals surface area contributed by atoms with E-state index in [1.54, 1.807) is 0 Å². The normalized spacial score (nSPS) is 11.3. The third-order valence-electron chi connectivity index (χ3n) is 11.0. The summed E-state index contributed by atoms with van der Waals surface area (Å²) in [5.74, 6) is 0. The van der Waals surface area contributed by atoms with Crippen LogP contribution >= 0.6 is 0 Å². The SMILES string of the molecule is CCCCCCCCN(CCCCCCC)CCNC(=O)Nc1cccc(Cc2cccc(NC(=O)NCCN(CCCCCCC)CCCCCCCC)c2)c1. The molecule has 4 N–H and O–H groups in total. The number of hydrogen-bond acceptors (Lipinski definition) is 4. The van der Waals surface area contributed by atoms with Crippen LogP contribution in [0.2, 0.25) is 0 Å². The molecule has 0 spiro atoms. The summed E-state index contributed by atoms with van der Waals surface area (Å²) in [6.45, 7) is 16.6. The molecule has 0 radical (unpaired) electrons. The fourth-order valence-electron chi connectivity index (χ4n) is 7.54. The van der Waals surface area contributed by atoms with Crippen LogP contribution in [0.15, 0.2) is 48.5 Å². The molecule has 2 aromatic carbocycles. The van der Waals surface area contributed by atoms with Gasteiger partial charge in [0.05, 0.1) is 0 Å². The van der Waals surface area contributed by atoms with Crippen molar-refractivity contribution in [3.8, 4) is 0 Å². The fraction of sp³-hybridized carbons (Fsp3) is 0.714. The van der Waals surface area contributed by atoms with Gasteiger partial charge in [0.1, 0.15) is 0 Å². The summed E-state index contributed by atoms with van der Waals surface area (Å²) in [4.78, 5) is 30.9. The van der Waals surface area contributed by atoms with E-state index in [2.05, 4.69) is 70.9 Å². The summed E-state index contributed by atoms with van der Waals surface area (Å²) in [6.07, 6.45) is 29.2. The molecule has 0 aliphatic rings. The smallest absolute Gasteiger partial charge is 0.319 e. The molecule has 8 nitrogen and oxygen atoms in total. The first-order chi connectivity index (χ1) is 28.0. The van der Waals surface area contributed by atoms with Crippen molar-refractivity contribution in [2.75, 3.05) is 63.0 Å². The van der Waals surface area contributed by atoms with Gasteiger partial charge >= 0.3 is 12.1 Å². The Morgan fingerprint density at radius 1 is 0.421 bits per heavy atom. The van der Waals surface area contributed by atoms with E-state index in [4.69, 9.17) is 0 Å². The number of urea groups is 2. The zero-order valence-electron chi connectivity index (χ0n) is 37.3. The third kappa shape index (κ3) is 27.3. The summed E-state index contributed by atoms with van der Waals surface area (Å²) in [5.41, 5.74) is 3.76. The summed E-state index contributed by atoms with van der Waals surface area (Å²) < 4.78 is 0. The van der Waals surface area contributed by atoms with Crippen LogP contribution in [-0.4, -0.2) is 74.2 Å². The van der Waals surface area contributed by atoms with Gasteiger partial charge in [0.15, 0.2) is 0 Å². The Balaban J connectivity index is 1.80. The number of nitrogens with zero attached hydrogens (tertiary/aromatic N) is 2. The molecule has 0 heterocycles. The highest BCUT2D eigenvalue weighted by atomic mass is 16.2. The zero-order valence-corrected chi connectivity index (χ0v) is 37.3. The molecule has 0 aliphatic heterocycles. The van der Waals surface area contributed by atoms with Gasteiger partial charge in [-0.15, -0.1) is 0 Å². The summed E-state index contributed by atoms with van der Waals surface area (Å²) in [7, 11) is 0. The molecule has 8 heteroatoms. The molecule has 2 aromatic rings. The zero-order chi connectivity index (χ0) is 41.0.